The molecule has 0 bridgehead atoms. The molecule has 114 valence electrons. The van der Waals surface area contributed by atoms with Gasteiger partial charge in [-0.15, -0.1) is 0 Å². The zero-order chi connectivity index (χ0) is 15.5. The number of halogens is 2. The van der Waals surface area contributed by atoms with Crippen molar-refractivity contribution in [2.75, 3.05) is 13.6 Å². The van der Waals surface area contributed by atoms with Crippen LogP contribution < -0.4 is 5.73 Å². The molecule has 0 saturated heterocycles. The van der Waals surface area contributed by atoms with Gasteiger partial charge in [0.1, 0.15) is 0 Å². The van der Waals surface area contributed by atoms with Gasteiger partial charge in [0.05, 0.1) is 0 Å². The zero-order valence-electron chi connectivity index (χ0n) is 13.1. The summed E-state index contributed by atoms with van der Waals surface area (Å²) < 4.78 is 0.983. The van der Waals surface area contributed by atoms with Crippen molar-refractivity contribution in [3.8, 4) is 0 Å². The van der Waals surface area contributed by atoms with Gasteiger partial charge in [0.2, 0.25) is 0 Å². The summed E-state index contributed by atoms with van der Waals surface area (Å²) in [6, 6.07) is 6.38. The smallest absolute Gasteiger partial charge is 0.0464 e. The standard InChI is InChI=1S/C16H26BrClN2/c1-11(16(2,3)4)20(5)9-8-15(19)13-7-6-12(17)10-14(13)18/h6-7,10-11,15H,8-9,19H2,1-5H3. The quantitative estimate of drug-likeness (QED) is 0.811. The van der Waals surface area contributed by atoms with Crippen LogP contribution in [-0.4, -0.2) is 24.5 Å². The molecule has 2 nitrogen and oxygen atoms in total. The lowest BCUT2D eigenvalue weighted by Gasteiger charge is -2.35. The van der Waals surface area contributed by atoms with E-state index >= 15 is 0 Å². The van der Waals surface area contributed by atoms with Crippen LogP contribution >= 0.6 is 27.5 Å². The minimum atomic E-state index is -0.0229. The highest BCUT2D eigenvalue weighted by molar-refractivity contribution is 9.10. The first-order valence-electron chi connectivity index (χ1n) is 7.03. The molecule has 1 rings (SSSR count). The average molecular weight is 362 g/mol. The molecule has 0 saturated carbocycles. The summed E-state index contributed by atoms with van der Waals surface area (Å²) in [6.07, 6.45) is 0.901. The van der Waals surface area contributed by atoms with E-state index in [4.69, 9.17) is 17.3 Å². The normalized spacial score (nSPS) is 15.4. The molecule has 0 heterocycles. The average Bonchev–Trinajstić information content (AvgIpc) is 2.33. The van der Waals surface area contributed by atoms with E-state index in [1.54, 1.807) is 0 Å². The largest absolute Gasteiger partial charge is 0.324 e. The van der Waals surface area contributed by atoms with Crippen molar-refractivity contribution < 1.29 is 0 Å². The van der Waals surface area contributed by atoms with Crippen molar-refractivity contribution in [1.82, 2.24) is 4.90 Å². The van der Waals surface area contributed by atoms with E-state index in [9.17, 15) is 0 Å². The van der Waals surface area contributed by atoms with Crippen LogP contribution in [0.15, 0.2) is 22.7 Å². The number of nitrogens with two attached hydrogens (primary N) is 1. The number of rotatable bonds is 5. The molecule has 0 amide bonds. The van der Waals surface area contributed by atoms with Crippen molar-refractivity contribution in [3.05, 3.63) is 33.3 Å². The van der Waals surface area contributed by atoms with E-state index in [0.717, 1.165) is 28.0 Å². The molecule has 20 heavy (non-hydrogen) atoms. The molecule has 0 aliphatic rings. The van der Waals surface area contributed by atoms with E-state index in [0.29, 0.717) is 6.04 Å². The Morgan fingerprint density at radius 3 is 2.45 bits per heavy atom. The molecule has 0 aliphatic carbocycles. The fraction of sp³-hybridized carbons (Fsp3) is 0.625. The van der Waals surface area contributed by atoms with Crippen LogP contribution in [0.3, 0.4) is 0 Å². The Bertz CT molecular complexity index is 443. The molecule has 2 unspecified atom stereocenters. The third-order valence-corrected chi connectivity index (χ3v) is 4.89. The summed E-state index contributed by atoms with van der Waals surface area (Å²) in [4.78, 5) is 2.37. The van der Waals surface area contributed by atoms with Gasteiger partial charge in [0.25, 0.3) is 0 Å². The van der Waals surface area contributed by atoms with Gasteiger partial charge in [-0.1, -0.05) is 54.4 Å². The summed E-state index contributed by atoms with van der Waals surface area (Å²) in [5, 5.41) is 0.735. The summed E-state index contributed by atoms with van der Waals surface area (Å²) in [7, 11) is 2.16. The van der Waals surface area contributed by atoms with E-state index in [1.807, 2.05) is 18.2 Å². The van der Waals surface area contributed by atoms with E-state index in [2.05, 4.69) is 55.6 Å². The van der Waals surface area contributed by atoms with Gasteiger partial charge in [0, 0.05) is 21.6 Å². The predicted molar refractivity (Wildman–Crippen MR) is 92.2 cm³/mol. The fourth-order valence-electron chi connectivity index (χ4n) is 2.16. The van der Waals surface area contributed by atoms with Crippen LogP contribution in [0.2, 0.25) is 5.02 Å². The maximum Gasteiger partial charge on any atom is 0.0464 e. The monoisotopic (exact) mass is 360 g/mol. The number of nitrogens with zero attached hydrogens (tertiary/aromatic N) is 1. The van der Waals surface area contributed by atoms with Gasteiger partial charge in [-0.05, 0) is 50.0 Å². The summed E-state index contributed by atoms with van der Waals surface area (Å²) >= 11 is 9.67. The van der Waals surface area contributed by atoms with Crippen molar-refractivity contribution in [1.29, 1.82) is 0 Å². The Morgan fingerprint density at radius 2 is 1.95 bits per heavy atom. The van der Waals surface area contributed by atoms with Gasteiger partial charge in [-0.25, -0.2) is 0 Å². The van der Waals surface area contributed by atoms with Gasteiger partial charge in [0.15, 0.2) is 0 Å². The third-order valence-electron chi connectivity index (χ3n) is 4.07. The second kappa shape index (κ2) is 7.26. The Balaban J connectivity index is 2.61. The van der Waals surface area contributed by atoms with Crippen LogP contribution in [0.1, 0.15) is 45.7 Å². The Hall–Kier alpha value is -0.0900. The predicted octanol–water partition coefficient (Wildman–Crippen LogP) is 4.86. The molecule has 4 heteroatoms. The molecule has 2 atom stereocenters. The van der Waals surface area contributed by atoms with E-state index < -0.39 is 0 Å². The maximum atomic E-state index is 6.28. The van der Waals surface area contributed by atoms with E-state index in [-0.39, 0.29) is 11.5 Å². The number of benzene rings is 1. The second-order valence-electron chi connectivity index (χ2n) is 6.58. The number of hydrogen-bond acceptors (Lipinski definition) is 2. The van der Waals surface area contributed by atoms with Crippen LogP contribution in [0.4, 0.5) is 0 Å². The first-order chi connectivity index (χ1) is 9.12. The summed E-state index contributed by atoms with van der Waals surface area (Å²) in [6.45, 7) is 10.0. The molecule has 0 fully saturated rings. The van der Waals surface area contributed by atoms with Gasteiger partial charge >= 0.3 is 0 Å². The van der Waals surface area contributed by atoms with E-state index in [1.165, 1.54) is 0 Å². The molecule has 1 aromatic rings. The summed E-state index contributed by atoms with van der Waals surface area (Å²) in [5.74, 6) is 0. The van der Waals surface area contributed by atoms with Crippen LogP contribution in [0.25, 0.3) is 0 Å². The minimum Gasteiger partial charge on any atom is -0.324 e. The highest BCUT2D eigenvalue weighted by atomic mass is 79.9. The Labute approximate surface area is 136 Å². The first-order valence-corrected chi connectivity index (χ1v) is 8.20. The molecule has 0 spiro atoms. The molecular formula is C16H26BrClN2. The van der Waals surface area contributed by atoms with Gasteiger partial charge < -0.3 is 10.6 Å². The highest BCUT2D eigenvalue weighted by Crippen LogP contribution is 2.28. The minimum absolute atomic E-state index is 0.0229. The van der Waals surface area contributed by atoms with Crippen molar-refractivity contribution >= 4 is 27.5 Å². The maximum absolute atomic E-state index is 6.28. The molecule has 0 radical (unpaired) electrons. The molecule has 2 N–H and O–H groups in total. The van der Waals surface area contributed by atoms with Crippen LogP contribution in [-0.2, 0) is 0 Å². The van der Waals surface area contributed by atoms with Crippen molar-refractivity contribution in [2.45, 2.75) is 46.2 Å². The molecule has 0 aromatic heterocycles. The molecule has 0 aliphatic heterocycles. The topological polar surface area (TPSA) is 29.3 Å². The Morgan fingerprint density at radius 1 is 1.35 bits per heavy atom. The van der Waals surface area contributed by atoms with Gasteiger partial charge in [-0.2, -0.15) is 0 Å². The lowest BCUT2D eigenvalue weighted by Crippen LogP contribution is -2.40. The lowest BCUT2D eigenvalue weighted by atomic mass is 9.87. The third kappa shape index (κ3) is 5.03. The van der Waals surface area contributed by atoms with Crippen LogP contribution in [0.5, 0.6) is 0 Å². The SMILES string of the molecule is CC(N(C)CCC(N)c1ccc(Br)cc1Cl)C(C)(C)C. The second-order valence-corrected chi connectivity index (χ2v) is 7.91. The van der Waals surface area contributed by atoms with Gasteiger partial charge in [-0.3, -0.25) is 0 Å². The zero-order valence-corrected chi connectivity index (χ0v) is 15.4. The highest BCUT2D eigenvalue weighted by Gasteiger charge is 2.24. The first kappa shape index (κ1) is 18.0. The molecule has 1 aromatic carbocycles. The Kier molecular flexibility index (Phi) is 6.52. The summed E-state index contributed by atoms with van der Waals surface area (Å²) in [5.41, 5.74) is 7.57. The molecular weight excluding hydrogens is 336 g/mol. The van der Waals surface area contributed by atoms with Crippen molar-refractivity contribution in [3.63, 3.8) is 0 Å². The van der Waals surface area contributed by atoms with Crippen LogP contribution in [0, 0.1) is 5.41 Å². The number of hydrogen-bond donors (Lipinski definition) is 1. The van der Waals surface area contributed by atoms with Crippen molar-refractivity contribution in [2.24, 2.45) is 11.1 Å². The lowest BCUT2D eigenvalue weighted by molar-refractivity contribution is 0.137. The fourth-order valence-corrected chi connectivity index (χ4v) is 2.97.